The average Bonchev–Trinajstić information content (AvgIpc) is 2.68. The third-order valence-electron chi connectivity index (χ3n) is 4.86. The highest BCUT2D eigenvalue weighted by Crippen LogP contribution is 2.25. The minimum absolute atomic E-state index is 0.445. The second-order valence-electron chi connectivity index (χ2n) is 6.91. The third-order valence-corrected chi connectivity index (χ3v) is 4.86. The summed E-state index contributed by atoms with van der Waals surface area (Å²) in [6.45, 7) is 5.47. The van der Waals surface area contributed by atoms with Crippen LogP contribution in [0.5, 0.6) is 0 Å². The number of rotatable bonds is 4. The predicted octanol–water partition coefficient (Wildman–Crippen LogP) is 1.32. The number of nitrogens with zero attached hydrogens (tertiary/aromatic N) is 6. The van der Waals surface area contributed by atoms with Crippen molar-refractivity contribution in [3.63, 3.8) is 0 Å². The quantitative estimate of drug-likeness (QED) is 0.699. The van der Waals surface area contributed by atoms with Gasteiger partial charge in [0.15, 0.2) is 17.0 Å². The Morgan fingerprint density at radius 2 is 1.86 bits per heavy atom. The van der Waals surface area contributed by atoms with Gasteiger partial charge in [0.05, 0.1) is 0 Å². The summed E-state index contributed by atoms with van der Waals surface area (Å²) in [4.78, 5) is 34.0. The fourth-order valence-electron chi connectivity index (χ4n) is 3.24. The summed E-state index contributed by atoms with van der Waals surface area (Å²) in [5, 5.41) is 3.30. The van der Waals surface area contributed by atoms with Crippen molar-refractivity contribution < 1.29 is 4.79 Å². The van der Waals surface area contributed by atoms with E-state index in [1.54, 1.807) is 24.5 Å². The summed E-state index contributed by atoms with van der Waals surface area (Å²) in [6, 6.07) is 5.36. The Balaban J connectivity index is 1.71. The van der Waals surface area contributed by atoms with Crippen LogP contribution in [0.1, 0.15) is 15.9 Å². The molecule has 1 aromatic carbocycles. The summed E-state index contributed by atoms with van der Waals surface area (Å²) < 4.78 is 0. The van der Waals surface area contributed by atoms with Gasteiger partial charge < -0.3 is 20.9 Å². The van der Waals surface area contributed by atoms with Gasteiger partial charge in [0, 0.05) is 49.8 Å². The van der Waals surface area contributed by atoms with E-state index >= 15 is 0 Å². The molecule has 1 aliphatic rings. The van der Waals surface area contributed by atoms with Crippen LogP contribution in [-0.4, -0.2) is 64.0 Å². The van der Waals surface area contributed by atoms with Crippen LogP contribution >= 0.6 is 0 Å². The van der Waals surface area contributed by atoms with E-state index in [2.05, 4.69) is 37.1 Å². The number of benzene rings is 1. The molecule has 2 aromatic heterocycles. The molecule has 0 atom stereocenters. The summed E-state index contributed by atoms with van der Waals surface area (Å²) in [6.07, 6.45) is 3.24. The van der Waals surface area contributed by atoms with Gasteiger partial charge in [-0.2, -0.15) is 9.97 Å². The highest BCUT2D eigenvalue weighted by molar-refractivity contribution is 5.95. The number of anilines is 3. The number of amides is 1. The molecular weight excluding hydrogens is 356 g/mol. The van der Waals surface area contributed by atoms with Crippen LogP contribution in [0.25, 0.3) is 11.2 Å². The van der Waals surface area contributed by atoms with Crippen molar-refractivity contribution in [2.24, 2.45) is 5.73 Å². The van der Waals surface area contributed by atoms with Crippen LogP contribution in [0.15, 0.2) is 30.6 Å². The van der Waals surface area contributed by atoms with Gasteiger partial charge in [-0.3, -0.25) is 4.79 Å². The predicted molar refractivity (Wildman–Crippen MR) is 108 cm³/mol. The third kappa shape index (κ3) is 3.56. The molecule has 1 amide bonds. The average molecular weight is 378 g/mol. The van der Waals surface area contributed by atoms with Crippen molar-refractivity contribution in [3.05, 3.63) is 41.7 Å². The SMILES string of the molecule is Cc1cc(Nc2nc(N3CCN(C)CC3)nc3nccnc23)ccc1C(N)=O. The molecule has 28 heavy (non-hydrogen) atoms. The molecule has 1 aliphatic heterocycles. The number of hydrogen-bond acceptors (Lipinski definition) is 8. The molecule has 0 unspecified atom stereocenters. The fraction of sp³-hybridized carbons (Fsp3) is 0.316. The van der Waals surface area contributed by atoms with Crippen molar-refractivity contribution in [3.8, 4) is 0 Å². The number of piperazine rings is 1. The molecule has 0 bridgehead atoms. The van der Waals surface area contributed by atoms with E-state index in [4.69, 9.17) is 10.7 Å². The van der Waals surface area contributed by atoms with Gasteiger partial charge in [-0.25, -0.2) is 9.97 Å². The monoisotopic (exact) mass is 378 g/mol. The first-order chi connectivity index (χ1) is 13.5. The van der Waals surface area contributed by atoms with Gasteiger partial charge in [0.2, 0.25) is 11.9 Å². The molecule has 1 saturated heterocycles. The first-order valence-corrected chi connectivity index (χ1v) is 9.11. The molecule has 0 radical (unpaired) electrons. The minimum Gasteiger partial charge on any atom is -0.366 e. The van der Waals surface area contributed by atoms with E-state index < -0.39 is 5.91 Å². The molecule has 9 heteroatoms. The number of aryl methyl sites for hydroxylation is 1. The number of carbonyl (C=O) groups is 1. The van der Waals surface area contributed by atoms with Crippen molar-refractivity contribution in [1.82, 2.24) is 24.8 Å². The molecule has 4 rings (SSSR count). The van der Waals surface area contributed by atoms with Crippen LogP contribution < -0.4 is 16.0 Å². The second-order valence-corrected chi connectivity index (χ2v) is 6.91. The molecule has 144 valence electrons. The van der Waals surface area contributed by atoms with E-state index in [0.717, 1.165) is 37.4 Å². The van der Waals surface area contributed by atoms with Gasteiger partial charge in [-0.1, -0.05) is 0 Å². The number of primary amides is 1. The van der Waals surface area contributed by atoms with E-state index in [9.17, 15) is 4.79 Å². The maximum Gasteiger partial charge on any atom is 0.248 e. The molecule has 9 nitrogen and oxygen atoms in total. The van der Waals surface area contributed by atoms with Crippen LogP contribution in [0.4, 0.5) is 17.5 Å². The van der Waals surface area contributed by atoms with Gasteiger partial charge >= 0.3 is 0 Å². The second kappa shape index (κ2) is 7.35. The number of hydrogen-bond donors (Lipinski definition) is 2. The van der Waals surface area contributed by atoms with Crippen molar-refractivity contribution >= 4 is 34.5 Å². The zero-order valence-electron chi connectivity index (χ0n) is 15.9. The summed E-state index contributed by atoms with van der Waals surface area (Å²) in [5.41, 5.74) is 8.61. The van der Waals surface area contributed by atoms with Crippen LogP contribution in [0, 0.1) is 6.92 Å². The first-order valence-electron chi connectivity index (χ1n) is 9.11. The fourth-order valence-corrected chi connectivity index (χ4v) is 3.24. The normalized spacial score (nSPS) is 15.0. The number of carbonyl (C=O) groups excluding carboxylic acids is 1. The molecule has 0 spiro atoms. The Labute approximate surface area is 162 Å². The van der Waals surface area contributed by atoms with Gasteiger partial charge in [-0.05, 0) is 37.7 Å². The number of aromatic nitrogens is 4. The highest BCUT2D eigenvalue weighted by Gasteiger charge is 2.19. The molecule has 1 fully saturated rings. The Hall–Kier alpha value is -3.33. The number of likely N-dealkylation sites (N-methyl/N-ethyl adjacent to an activating group) is 1. The summed E-state index contributed by atoms with van der Waals surface area (Å²) in [5.74, 6) is 0.770. The Bertz CT molecular complexity index is 1030. The van der Waals surface area contributed by atoms with E-state index in [0.29, 0.717) is 28.5 Å². The smallest absolute Gasteiger partial charge is 0.248 e. The minimum atomic E-state index is -0.445. The molecule has 3 N–H and O–H groups in total. The highest BCUT2D eigenvalue weighted by atomic mass is 16.1. The molecular formula is C19H22N8O. The van der Waals surface area contributed by atoms with E-state index in [1.807, 2.05) is 13.0 Å². The van der Waals surface area contributed by atoms with Crippen molar-refractivity contribution in [1.29, 1.82) is 0 Å². The number of nitrogens with one attached hydrogen (secondary N) is 1. The lowest BCUT2D eigenvalue weighted by Crippen LogP contribution is -2.45. The Morgan fingerprint density at radius 1 is 1.11 bits per heavy atom. The molecule has 3 aromatic rings. The Kier molecular flexibility index (Phi) is 4.74. The maximum absolute atomic E-state index is 11.5. The first kappa shape index (κ1) is 18.1. The van der Waals surface area contributed by atoms with Crippen LogP contribution in [-0.2, 0) is 0 Å². The summed E-state index contributed by atoms with van der Waals surface area (Å²) >= 11 is 0. The summed E-state index contributed by atoms with van der Waals surface area (Å²) in [7, 11) is 2.11. The van der Waals surface area contributed by atoms with Crippen molar-refractivity contribution in [2.75, 3.05) is 43.4 Å². The molecule has 0 aliphatic carbocycles. The number of nitrogens with two attached hydrogens (primary N) is 1. The van der Waals surface area contributed by atoms with Gasteiger partial charge in [0.1, 0.15) is 0 Å². The lowest BCUT2D eigenvalue weighted by atomic mass is 10.1. The van der Waals surface area contributed by atoms with Gasteiger partial charge in [0.25, 0.3) is 0 Å². The Morgan fingerprint density at radius 3 is 2.57 bits per heavy atom. The van der Waals surface area contributed by atoms with Gasteiger partial charge in [-0.15, -0.1) is 0 Å². The lowest BCUT2D eigenvalue weighted by Gasteiger charge is -2.32. The number of fused-ring (bicyclic) bond motifs is 1. The van der Waals surface area contributed by atoms with E-state index in [1.165, 1.54) is 0 Å². The zero-order chi connectivity index (χ0) is 19.7. The zero-order valence-corrected chi connectivity index (χ0v) is 15.9. The standard InChI is InChI=1S/C19H22N8O/c1-12-11-13(3-4-14(12)16(20)28)23-18-15-17(22-6-5-21-15)24-19(25-18)27-9-7-26(2)8-10-27/h3-6,11H,7-10H2,1-2H3,(H2,20,28)(H,22,23,24,25). The largest absolute Gasteiger partial charge is 0.366 e. The topological polar surface area (TPSA) is 113 Å². The molecule has 3 heterocycles. The van der Waals surface area contributed by atoms with Crippen molar-refractivity contribution in [2.45, 2.75) is 6.92 Å². The maximum atomic E-state index is 11.5. The lowest BCUT2D eigenvalue weighted by molar-refractivity contribution is 0.0999. The van der Waals surface area contributed by atoms with Crippen LogP contribution in [0.3, 0.4) is 0 Å². The van der Waals surface area contributed by atoms with E-state index in [-0.39, 0.29) is 0 Å². The van der Waals surface area contributed by atoms with Crippen LogP contribution in [0.2, 0.25) is 0 Å². The molecule has 0 saturated carbocycles.